The zero-order chi connectivity index (χ0) is 18.1. The number of carbonyl (C=O) groups is 2. The molecule has 1 aliphatic carbocycles. The van der Waals surface area contributed by atoms with Crippen LogP contribution in [0.15, 0.2) is 6.20 Å². The molecule has 0 aromatic carbocycles. The SMILES string of the molecule is Cc1ncc(C(=O)N2CCC(N3CCC[C@@H](C(=O)NC4CC4)C3)CC2)s1. The summed E-state index contributed by atoms with van der Waals surface area (Å²) in [6, 6.07) is 0.946. The van der Waals surface area contributed by atoms with Crippen molar-refractivity contribution in [1.29, 1.82) is 0 Å². The second kappa shape index (κ2) is 7.64. The third-order valence-electron chi connectivity index (χ3n) is 5.85. The van der Waals surface area contributed by atoms with E-state index < -0.39 is 0 Å². The van der Waals surface area contributed by atoms with Crippen molar-refractivity contribution in [1.82, 2.24) is 20.1 Å². The van der Waals surface area contributed by atoms with E-state index >= 15 is 0 Å². The summed E-state index contributed by atoms with van der Waals surface area (Å²) in [5.41, 5.74) is 0. The molecular formula is C19H28N4O2S. The van der Waals surface area contributed by atoms with E-state index in [1.54, 1.807) is 6.20 Å². The van der Waals surface area contributed by atoms with Crippen LogP contribution in [0, 0.1) is 12.8 Å². The topological polar surface area (TPSA) is 65.5 Å². The second-order valence-corrected chi connectivity index (χ2v) is 9.12. The molecule has 3 heterocycles. The quantitative estimate of drug-likeness (QED) is 0.873. The lowest BCUT2D eigenvalue weighted by molar-refractivity contribution is -0.127. The number of aromatic nitrogens is 1. The molecule has 2 amide bonds. The predicted molar refractivity (Wildman–Crippen MR) is 101 cm³/mol. The van der Waals surface area contributed by atoms with Crippen molar-refractivity contribution in [3.8, 4) is 0 Å². The molecule has 2 aliphatic heterocycles. The summed E-state index contributed by atoms with van der Waals surface area (Å²) in [6.07, 6.45) is 8.10. The molecule has 2 saturated heterocycles. The number of rotatable bonds is 4. The van der Waals surface area contributed by atoms with Gasteiger partial charge in [-0.05, 0) is 52.0 Å². The van der Waals surface area contributed by atoms with Crippen molar-refractivity contribution in [3.05, 3.63) is 16.1 Å². The summed E-state index contributed by atoms with van der Waals surface area (Å²) >= 11 is 1.47. The molecule has 0 unspecified atom stereocenters. The Morgan fingerprint density at radius 3 is 2.58 bits per heavy atom. The first-order chi connectivity index (χ1) is 12.6. The number of hydrogen-bond donors (Lipinski definition) is 1. The molecule has 1 N–H and O–H groups in total. The molecule has 142 valence electrons. The number of nitrogens with zero attached hydrogens (tertiary/aromatic N) is 3. The fourth-order valence-corrected chi connectivity index (χ4v) is 4.89. The van der Waals surface area contributed by atoms with Gasteiger partial charge in [-0.25, -0.2) is 4.98 Å². The Morgan fingerprint density at radius 2 is 1.92 bits per heavy atom. The Bertz CT molecular complexity index is 664. The van der Waals surface area contributed by atoms with Crippen LogP contribution in [0.3, 0.4) is 0 Å². The lowest BCUT2D eigenvalue weighted by atomic mass is 9.93. The molecule has 1 aromatic rings. The number of thiazole rings is 1. The third kappa shape index (κ3) is 4.09. The normalized spacial score (nSPS) is 25.3. The van der Waals surface area contributed by atoms with Crippen LogP contribution in [0.5, 0.6) is 0 Å². The smallest absolute Gasteiger partial charge is 0.265 e. The summed E-state index contributed by atoms with van der Waals surface area (Å²) in [7, 11) is 0. The van der Waals surface area contributed by atoms with Crippen LogP contribution >= 0.6 is 11.3 Å². The molecule has 1 atom stereocenters. The van der Waals surface area contributed by atoms with Crippen LogP contribution < -0.4 is 5.32 Å². The summed E-state index contributed by atoms with van der Waals surface area (Å²) in [6.45, 7) is 5.50. The largest absolute Gasteiger partial charge is 0.353 e. The van der Waals surface area contributed by atoms with Crippen LogP contribution in [0.4, 0.5) is 0 Å². The number of hydrogen-bond acceptors (Lipinski definition) is 5. The van der Waals surface area contributed by atoms with Gasteiger partial charge in [-0.2, -0.15) is 0 Å². The van der Waals surface area contributed by atoms with Gasteiger partial charge >= 0.3 is 0 Å². The van der Waals surface area contributed by atoms with Crippen LogP contribution in [0.1, 0.15) is 53.2 Å². The maximum Gasteiger partial charge on any atom is 0.265 e. The van der Waals surface area contributed by atoms with E-state index in [9.17, 15) is 9.59 Å². The summed E-state index contributed by atoms with van der Waals surface area (Å²) in [5.74, 6) is 0.518. The predicted octanol–water partition coefficient (Wildman–Crippen LogP) is 2.05. The Labute approximate surface area is 159 Å². The zero-order valence-electron chi connectivity index (χ0n) is 15.4. The van der Waals surface area contributed by atoms with E-state index in [2.05, 4.69) is 15.2 Å². The second-order valence-electron chi connectivity index (χ2n) is 7.88. The van der Waals surface area contributed by atoms with Crippen molar-refractivity contribution in [3.63, 3.8) is 0 Å². The first-order valence-electron chi connectivity index (χ1n) is 9.86. The minimum absolute atomic E-state index is 0.120. The zero-order valence-corrected chi connectivity index (χ0v) is 16.3. The molecule has 1 aromatic heterocycles. The highest BCUT2D eigenvalue weighted by molar-refractivity contribution is 7.13. The standard InChI is InChI=1S/C19H28N4O2S/c1-13-20-11-17(26-13)19(25)22-9-6-16(7-10-22)23-8-2-3-14(12-23)18(24)21-15-4-5-15/h11,14-16H,2-10,12H2,1H3,(H,21,24)/t14-/m1/s1. The van der Waals surface area contributed by atoms with Crippen molar-refractivity contribution < 1.29 is 9.59 Å². The molecule has 4 rings (SSSR count). The lowest BCUT2D eigenvalue weighted by Crippen LogP contribution is -2.51. The average molecular weight is 377 g/mol. The van der Waals surface area contributed by atoms with Gasteiger partial charge in [0.2, 0.25) is 5.91 Å². The van der Waals surface area contributed by atoms with Crippen molar-refractivity contribution >= 4 is 23.2 Å². The monoisotopic (exact) mass is 376 g/mol. The lowest BCUT2D eigenvalue weighted by Gasteiger charge is -2.42. The van der Waals surface area contributed by atoms with E-state index in [1.165, 1.54) is 11.3 Å². The van der Waals surface area contributed by atoms with E-state index in [-0.39, 0.29) is 17.7 Å². The van der Waals surface area contributed by atoms with E-state index in [4.69, 9.17) is 0 Å². The van der Waals surface area contributed by atoms with Crippen LogP contribution in [0.2, 0.25) is 0 Å². The van der Waals surface area contributed by atoms with Gasteiger partial charge < -0.3 is 10.2 Å². The summed E-state index contributed by atoms with van der Waals surface area (Å²) in [5, 5.41) is 4.10. The first kappa shape index (κ1) is 17.9. The van der Waals surface area contributed by atoms with Gasteiger partial charge in [-0.3, -0.25) is 14.5 Å². The maximum atomic E-state index is 12.6. The molecule has 6 nitrogen and oxygen atoms in total. The van der Waals surface area contributed by atoms with Crippen molar-refractivity contribution in [2.24, 2.45) is 5.92 Å². The summed E-state index contributed by atoms with van der Waals surface area (Å²) in [4.78, 5) is 34.4. The van der Waals surface area contributed by atoms with E-state index in [0.29, 0.717) is 12.1 Å². The maximum absolute atomic E-state index is 12.6. The fourth-order valence-electron chi connectivity index (χ4n) is 4.15. The molecule has 26 heavy (non-hydrogen) atoms. The highest BCUT2D eigenvalue weighted by atomic mass is 32.1. The van der Waals surface area contributed by atoms with Crippen LogP contribution in [-0.2, 0) is 4.79 Å². The fraction of sp³-hybridized carbons (Fsp3) is 0.737. The number of amides is 2. The first-order valence-corrected chi connectivity index (χ1v) is 10.7. The van der Waals surface area contributed by atoms with E-state index in [1.807, 2.05) is 11.8 Å². The average Bonchev–Trinajstić information content (AvgIpc) is 3.38. The number of aryl methyl sites for hydroxylation is 1. The molecule has 0 radical (unpaired) electrons. The Morgan fingerprint density at radius 1 is 1.15 bits per heavy atom. The van der Waals surface area contributed by atoms with Crippen LogP contribution in [0.25, 0.3) is 0 Å². The molecule has 0 bridgehead atoms. The van der Waals surface area contributed by atoms with E-state index in [0.717, 1.165) is 74.6 Å². The minimum Gasteiger partial charge on any atom is -0.353 e. The Hall–Kier alpha value is -1.47. The number of likely N-dealkylation sites (tertiary alicyclic amines) is 2. The molecular weight excluding hydrogens is 348 g/mol. The van der Waals surface area contributed by atoms with Gasteiger partial charge in [-0.15, -0.1) is 11.3 Å². The van der Waals surface area contributed by atoms with Gasteiger partial charge in [0.15, 0.2) is 0 Å². The number of piperidine rings is 2. The molecule has 3 fully saturated rings. The van der Waals surface area contributed by atoms with Gasteiger partial charge in [0.05, 0.1) is 17.1 Å². The van der Waals surface area contributed by atoms with Crippen molar-refractivity contribution in [2.45, 2.75) is 57.5 Å². The van der Waals surface area contributed by atoms with Gasteiger partial charge in [0, 0.05) is 31.7 Å². The molecule has 0 spiro atoms. The van der Waals surface area contributed by atoms with Crippen molar-refractivity contribution in [2.75, 3.05) is 26.2 Å². The third-order valence-corrected chi connectivity index (χ3v) is 6.75. The highest BCUT2D eigenvalue weighted by Crippen LogP contribution is 2.26. The Kier molecular flexibility index (Phi) is 5.27. The van der Waals surface area contributed by atoms with Gasteiger partial charge in [-0.1, -0.05) is 0 Å². The Balaban J connectivity index is 1.28. The highest BCUT2D eigenvalue weighted by Gasteiger charge is 2.34. The number of nitrogens with one attached hydrogen (secondary N) is 1. The molecule has 1 saturated carbocycles. The number of carbonyl (C=O) groups excluding carboxylic acids is 2. The van der Waals surface area contributed by atoms with Crippen LogP contribution in [-0.4, -0.2) is 64.9 Å². The van der Waals surface area contributed by atoms with Gasteiger partial charge in [0.25, 0.3) is 5.91 Å². The van der Waals surface area contributed by atoms with Gasteiger partial charge in [0.1, 0.15) is 4.88 Å². The molecule has 3 aliphatic rings. The minimum atomic E-state index is 0.120. The summed E-state index contributed by atoms with van der Waals surface area (Å²) < 4.78 is 0. The molecule has 7 heteroatoms.